The molecule has 0 bridgehead atoms. The first-order valence-corrected chi connectivity index (χ1v) is 11.4. The molecule has 0 radical (unpaired) electrons. The predicted octanol–water partition coefficient (Wildman–Crippen LogP) is 5.78. The molecule has 4 atom stereocenters. The third kappa shape index (κ3) is 9.97. The molecular formula is C28H38F2O3. The van der Waals surface area contributed by atoms with Crippen molar-refractivity contribution < 1.29 is 23.8 Å². The second kappa shape index (κ2) is 14.0. The highest BCUT2D eigenvalue weighted by molar-refractivity contribution is 5.79. The molecule has 0 unspecified atom stereocenters. The summed E-state index contributed by atoms with van der Waals surface area (Å²) < 4.78 is 25.5. The van der Waals surface area contributed by atoms with Gasteiger partial charge in [-0.2, -0.15) is 0 Å². The van der Waals surface area contributed by atoms with Crippen LogP contribution in [0.1, 0.15) is 45.7 Å². The van der Waals surface area contributed by atoms with Crippen molar-refractivity contribution in [2.24, 2.45) is 23.7 Å². The maximum atomic E-state index is 12.8. The third-order valence-electron chi connectivity index (χ3n) is 5.80. The van der Waals surface area contributed by atoms with Crippen molar-refractivity contribution in [1.29, 1.82) is 0 Å². The lowest BCUT2D eigenvalue weighted by Gasteiger charge is -2.23. The van der Waals surface area contributed by atoms with Gasteiger partial charge in [-0.3, -0.25) is 4.79 Å². The summed E-state index contributed by atoms with van der Waals surface area (Å²) in [6, 6.07) is 12.4. The van der Waals surface area contributed by atoms with Crippen LogP contribution < -0.4 is 0 Å². The fraction of sp³-hybridized carbons (Fsp3) is 0.464. The number of rotatable bonds is 10. The zero-order valence-corrected chi connectivity index (χ0v) is 20.3. The lowest BCUT2D eigenvalue weighted by Crippen LogP contribution is -2.32. The number of hydrogen-bond donors (Lipinski definition) is 2. The molecule has 0 saturated heterocycles. The lowest BCUT2D eigenvalue weighted by atomic mass is 9.85. The fourth-order valence-corrected chi connectivity index (χ4v) is 3.57. The summed E-state index contributed by atoms with van der Waals surface area (Å²) in [5, 5.41) is 19.9. The standard InChI is InChI=1S/C14H19FO2.C14H19FO/c1-9(2)14(17)13(10(3)16)8-11-4-6-12(15)7-5-11;1-4-12(14(16)10(2)3)9-11-5-7-13(15)8-6-11/h4-7,9,13-14,17H,8H2,1-3H3;4-8,10,12,14,16H,1,9H2,2-3H3/t13-,14-;12-,14+/m01/s1. The minimum Gasteiger partial charge on any atom is -0.392 e. The normalized spacial score (nSPS) is 14.8. The van der Waals surface area contributed by atoms with Gasteiger partial charge in [-0.25, -0.2) is 8.78 Å². The topological polar surface area (TPSA) is 57.5 Å². The summed E-state index contributed by atoms with van der Waals surface area (Å²) in [4.78, 5) is 11.5. The number of Topliss-reactive ketones (excluding diaryl/α,β-unsaturated/α-hetero) is 1. The van der Waals surface area contributed by atoms with Crippen LogP contribution in [0.3, 0.4) is 0 Å². The first-order chi connectivity index (χ1) is 15.5. The van der Waals surface area contributed by atoms with Crippen molar-refractivity contribution in [2.75, 3.05) is 0 Å². The molecule has 0 aliphatic heterocycles. The zero-order chi connectivity index (χ0) is 25.1. The van der Waals surface area contributed by atoms with E-state index in [0.717, 1.165) is 11.1 Å². The molecule has 0 saturated carbocycles. The van der Waals surface area contributed by atoms with Gasteiger partial charge < -0.3 is 10.2 Å². The number of aliphatic hydroxyl groups excluding tert-OH is 2. The van der Waals surface area contributed by atoms with Crippen molar-refractivity contribution in [3.63, 3.8) is 0 Å². The maximum Gasteiger partial charge on any atom is 0.135 e. The first kappa shape index (κ1) is 28.7. The Morgan fingerprint density at radius 1 is 0.818 bits per heavy atom. The SMILES string of the molecule is C=C[C@H](Cc1ccc(F)cc1)[C@@H](O)C(C)C.CC(=O)[C@H](Cc1ccc(F)cc1)[C@@H](O)C(C)C. The molecule has 2 rings (SSSR count). The monoisotopic (exact) mass is 460 g/mol. The van der Waals surface area contributed by atoms with Crippen LogP contribution in [0.2, 0.25) is 0 Å². The molecule has 2 N–H and O–H groups in total. The van der Waals surface area contributed by atoms with E-state index >= 15 is 0 Å². The number of carbonyl (C=O) groups excluding carboxylic acids is 1. The Hall–Kier alpha value is -2.37. The smallest absolute Gasteiger partial charge is 0.135 e. The number of ketones is 1. The third-order valence-corrected chi connectivity index (χ3v) is 5.80. The van der Waals surface area contributed by atoms with E-state index in [-0.39, 0.29) is 35.2 Å². The molecular weight excluding hydrogens is 422 g/mol. The fourth-order valence-electron chi connectivity index (χ4n) is 3.57. The van der Waals surface area contributed by atoms with Crippen LogP contribution in [0.5, 0.6) is 0 Å². The Kier molecular flexibility index (Phi) is 12.2. The van der Waals surface area contributed by atoms with Crippen molar-refractivity contribution in [2.45, 2.75) is 59.7 Å². The minimum atomic E-state index is -0.655. The number of halogens is 2. The average Bonchev–Trinajstić information content (AvgIpc) is 2.77. The Morgan fingerprint density at radius 3 is 1.55 bits per heavy atom. The van der Waals surface area contributed by atoms with E-state index in [0.29, 0.717) is 12.8 Å². The second-order valence-corrected chi connectivity index (χ2v) is 9.25. The Morgan fingerprint density at radius 2 is 1.21 bits per heavy atom. The highest BCUT2D eigenvalue weighted by atomic mass is 19.1. The molecule has 5 heteroatoms. The van der Waals surface area contributed by atoms with E-state index in [9.17, 15) is 23.8 Å². The highest BCUT2D eigenvalue weighted by Gasteiger charge is 2.26. The van der Waals surface area contributed by atoms with Gasteiger partial charge in [0.25, 0.3) is 0 Å². The molecule has 0 heterocycles. The predicted molar refractivity (Wildman–Crippen MR) is 130 cm³/mol. The van der Waals surface area contributed by atoms with E-state index in [1.807, 2.05) is 27.7 Å². The van der Waals surface area contributed by atoms with Gasteiger partial charge in [0.1, 0.15) is 17.4 Å². The first-order valence-electron chi connectivity index (χ1n) is 11.4. The van der Waals surface area contributed by atoms with Crippen molar-refractivity contribution >= 4 is 5.78 Å². The molecule has 182 valence electrons. The minimum absolute atomic E-state index is 0.0189. The molecule has 0 fully saturated rings. The van der Waals surface area contributed by atoms with Crippen LogP contribution in [0, 0.1) is 35.3 Å². The summed E-state index contributed by atoms with van der Waals surface area (Å²) in [7, 11) is 0. The maximum absolute atomic E-state index is 12.8. The van der Waals surface area contributed by atoms with E-state index in [4.69, 9.17) is 0 Å². The molecule has 0 aromatic heterocycles. The quantitative estimate of drug-likeness (QED) is 0.442. The van der Waals surface area contributed by atoms with Gasteiger partial charge in [0.15, 0.2) is 0 Å². The van der Waals surface area contributed by atoms with Gasteiger partial charge in [-0.15, -0.1) is 6.58 Å². The molecule has 0 spiro atoms. The van der Waals surface area contributed by atoms with Gasteiger partial charge in [-0.05, 0) is 67.0 Å². The Balaban J connectivity index is 0.000000331. The number of benzene rings is 2. The summed E-state index contributed by atoms with van der Waals surface area (Å²) in [6.45, 7) is 12.9. The van der Waals surface area contributed by atoms with Crippen LogP contribution in [-0.4, -0.2) is 28.2 Å². The summed E-state index contributed by atoms with van der Waals surface area (Å²) >= 11 is 0. The van der Waals surface area contributed by atoms with Gasteiger partial charge in [0.2, 0.25) is 0 Å². The van der Waals surface area contributed by atoms with Gasteiger partial charge in [-0.1, -0.05) is 58.0 Å². The molecule has 2 aromatic rings. The van der Waals surface area contributed by atoms with Gasteiger partial charge >= 0.3 is 0 Å². The number of aliphatic hydroxyl groups is 2. The zero-order valence-electron chi connectivity index (χ0n) is 20.3. The second-order valence-electron chi connectivity index (χ2n) is 9.25. The molecule has 0 aliphatic carbocycles. The van der Waals surface area contributed by atoms with Crippen LogP contribution >= 0.6 is 0 Å². The van der Waals surface area contributed by atoms with E-state index in [1.165, 1.54) is 31.2 Å². The lowest BCUT2D eigenvalue weighted by molar-refractivity contribution is -0.125. The van der Waals surface area contributed by atoms with Crippen LogP contribution in [-0.2, 0) is 17.6 Å². The van der Waals surface area contributed by atoms with Crippen molar-refractivity contribution in [3.05, 3.63) is 83.9 Å². The summed E-state index contributed by atoms with van der Waals surface area (Å²) in [5.41, 5.74) is 1.89. The number of carbonyl (C=O) groups is 1. The Labute approximate surface area is 197 Å². The van der Waals surface area contributed by atoms with Crippen LogP contribution in [0.4, 0.5) is 8.78 Å². The molecule has 0 aliphatic rings. The molecule has 3 nitrogen and oxygen atoms in total. The largest absolute Gasteiger partial charge is 0.392 e. The highest BCUT2D eigenvalue weighted by Crippen LogP contribution is 2.20. The van der Waals surface area contributed by atoms with E-state index in [1.54, 1.807) is 30.3 Å². The van der Waals surface area contributed by atoms with Crippen molar-refractivity contribution in [3.8, 4) is 0 Å². The molecule has 2 aromatic carbocycles. The van der Waals surface area contributed by atoms with Crippen LogP contribution in [0.25, 0.3) is 0 Å². The molecule has 0 amide bonds. The van der Waals surface area contributed by atoms with Crippen molar-refractivity contribution in [1.82, 2.24) is 0 Å². The van der Waals surface area contributed by atoms with Gasteiger partial charge in [0.05, 0.1) is 12.2 Å². The Bertz CT molecular complexity index is 844. The van der Waals surface area contributed by atoms with E-state index < -0.39 is 18.1 Å². The summed E-state index contributed by atoms with van der Waals surface area (Å²) in [5.74, 6) is -0.727. The van der Waals surface area contributed by atoms with Crippen LogP contribution in [0.15, 0.2) is 61.2 Å². The summed E-state index contributed by atoms with van der Waals surface area (Å²) in [6.07, 6.45) is 1.87. The average molecular weight is 461 g/mol. The number of hydrogen-bond acceptors (Lipinski definition) is 3. The van der Waals surface area contributed by atoms with E-state index in [2.05, 4.69) is 6.58 Å². The van der Waals surface area contributed by atoms with Gasteiger partial charge in [0, 0.05) is 11.8 Å². The molecule has 33 heavy (non-hydrogen) atoms.